The van der Waals surface area contributed by atoms with Gasteiger partial charge in [-0.15, -0.1) is 0 Å². The number of pyridine rings is 1. The highest BCUT2D eigenvalue weighted by Gasteiger charge is 2.22. The zero-order valence-corrected chi connectivity index (χ0v) is 14.8. The molecule has 130 valence electrons. The monoisotopic (exact) mass is 335 g/mol. The maximum absolute atomic E-state index is 11.5. The van der Waals surface area contributed by atoms with Gasteiger partial charge in [0.15, 0.2) is 0 Å². The normalized spacial score (nSPS) is 19.4. The summed E-state index contributed by atoms with van der Waals surface area (Å²) in [6, 6.07) is 10.8. The fraction of sp³-hybridized carbons (Fsp3) is 0.429. The minimum Gasteiger partial charge on any atom is -0.381 e. The van der Waals surface area contributed by atoms with Crippen molar-refractivity contribution in [1.82, 2.24) is 10.3 Å². The van der Waals surface area contributed by atoms with Gasteiger partial charge in [0.05, 0.1) is 6.04 Å². The first kappa shape index (κ1) is 16.1. The van der Waals surface area contributed by atoms with Gasteiger partial charge in [-0.3, -0.25) is 9.78 Å². The Hall–Kier alpha value is -2.36. The molecule has 2 heterocycles. The molecule has 4 rings (SSSR count). The van der Waals surface area contributed by atoms with E-state index in [0.717, 1.165) is 37.2 Å². The van der Waals surface area contributed by atoms with Gasteiger partial charge < -0.3 is 10.6 Å². The van der Waals surface area contributed by atoms with E-state index in [1.165, 1.54) is 35.2 Å². The van der Waals surface area contributed by atoms with E-state index in [0.29, 0.717) is 6.42 Å². The number of fused-ring (bicyclic) bond motifs is 1. The largest absolute Gasteiger partial charge is 0.381 e. The number of hydrogen-bond acceptors (Lipinski definition) is 3. The summed E-state index contributed by atoms with van der Waals surface area (Å²) in [5.41, 5.74) is 7.53. The van der Waals surface area contributed by atoms with Gasteiger partial charge in [0, 0.05) is 30.0 Å². The molecule has 0 spiro atoms. The van der Waals surface area contributed by atoms with Gasteiger partial charge in [-0.25, -0.2) is 0 Å². The Labute approximate surface area is 149 Å². The Kier molecular flexibility index (Phi) is 4.43. The van der Waals surface area contributed by atoms with Crippen molar-refractivity contribution >= 4 is 11.6 Å². The molecule has 25 heavy (non-hydrogen) atoms. The maximum atomic E-state index is 11.5. The molecule has 1 saturated heterocycles. The quantitative estimate of drug-likeness (QED) is 0.893. The molecule has 0 radical (unpaired) electrons. The van der Waals surface area contributed by atoms with Crippen LogP contribution in [0.1, 0.15) is 59.8 Å². The number of nitrogens with one attached hydrogen (secondary N) is 2. The fourth-order valence-corrected chi connectivity index (χ4v) is 4.03. The molecule has 1 aromatic carbocycles. The lowest BCUT2D eigenvalue weighted by Gasteiger charge is -2.20. The zero-order chi connectivity index (χ0) is 17.2. The Morgan fingerprint density at radius 2 is 2.08 bits per heavy atom. The van der Waals surface area contributed by atoms with E-state index in [1.54, 1.807) is 0 Å². The van der Waals surface area contributed by atoms with Crippen molar-refractivity contribution in [2.75, 3.05) is 5.32 Å². The van der Waals surface area contributed by atoms with Gasteiger partial charge in [0.2, 0.25) is 5.91 Å². The summed E-state index contributed by atoms with van der Waals surface area (Å²) in [6.45, 7) is 2.91. The van der Waals surface area contributed by atoms with E-state index in [9.17, 15) is 4.79 Å². The summed E-state index contributed by atoms with van der Waals surface area (Å²) in [5, 5.41) is 6.62. The number of aromatic nitrogens is 1. The molecule has 4 heteroatoms. The average molecular weight is 335 g/mol. The number of nitrogens with zero attached hydrogens (tertiary/aromatic N) is 1. The Bertz CT molecular complexity index is 800. The van der Waals surface area contributed by atoms with Crippen LogP contribution in [0.3, 0.4) is 0 Å². The molecule has 0 saturated carbocycles. The second kappa shape index (κ2) is 6.87. The molecular weight excluding hydrogens is 310 g/mol. The van der Waals surface area contributed by atoms with Gasteiger partial charge in [0.25, 0.3) is 0 Å². The van der Waals surface area contributed by atoms with Crippen LogP contribution < -0.4 is 10.6 Å². The van der Waals surface area contributed by atoms with Crippen LogP contribution >= 0.6 is 0 Å². The molecule has 1 amide bonds. The first-order valence-electron chi connectivity index (χ1n) is 9.30. The van der Waals surface area contributed by atoms with E-state index in [1.807, 2.05) is 0 Å². The lowest BCUT2D eigenvalue weighted by Crippen LogP contribution is -2.18. The van der Waals surface area contributed by atoms with Crippen molar-refractivity contribution in [3.63, 3.8) is 0 Å². The third kappa shape index (κ3) is 3.53. The minimum atomic E-state index is 0.155. The predicted molar refractivity (Wildman–Crippen MR) is 99.5 cm³/mol. The topological polar surface area (TPSA) is 54.0 Å². The van der Waals surface area contributed by atoms with Crippen LogP contribution in [0, 0.1) is 6.92 Å². The molecule has 1 aliphatic heterocycles. The number of aryl methyl sites for hydroxylation is 2. The standard InChI is InChI=1S/C21H25N3O/c1-14-11-16(18-7-2-3-8-20(18)23-14)13-22-17-6-4-5-15(12-17)19-9-10-21(25)24-19/h4-6,11-12,19,22H,2-3,7-10,13H2,1H3,(H,24,25). The molecule has 1 atom stereocenters. The third-order valence-electron chi connectivity index (χ3n) is 5.29. The van der Waals surface area contributed by atoms with Gasteiger partial charge in [-0.05, 0) is 73.9 Å². The van der Waals surface area contributed by atoms with Gasteiger partial charge in [-0.2, -0.15) is 0 Å². The average Bonchev–Trinajstić information content (AvgIpc) is 3.06. The van der Waals surface area contributed by atoms with Gasteiger partial charge in [0.1, 0.15) is 0 Å². The molecule has 4 nitrogen and oxygen atoms in total. The van der Waals surface area contributed by atoms with Crippen LogP contribution in [-0.2, 0) is 24.2 Å². The smallest absolute Gasteiger partial charge is 0.220 e. The van der Waals surface area contributed by atoms with Crippen LogP contribution in [0.2, 0.25) is 0 Å². The maximum Gasteiger partial charge on any atom is 0.220 e. The molecular formula is C21H25N3O. The SMILES string of the molecule is Cc1cc(CNc2cccc(C3CCC(=O)N3)c2)c2c(n1)CCCC2. The number of carbonyl (C=O) groups excluding carboxylic acids is 1. The number of carbonyl (C=O) groups is 1. The Balaban J connectivity index is 1.50. The van der Waals surface area contributed by atoms with E-state index >= 15 is 0 Å². The number of amides is 1. The molecule has 1 unspecified atom stereocenters. The fourth-order valence-electron chi connectivity index (χ4n) is 4.03. The Morgan fingerprint density at radius 3 is 2.92 bits per heavy atom. The minimum absolute atomic E-state index is 0.155. The van der Waals surface area contributed by atoms with Crippen LogP contribution in [0.4, 0.5) is 5.69 Å². The van der Waals surface area contributed by atoms with Crippen molar-refractivity contribution in [3.05, 3.63) is 58.4 Å². The molecule has 2 aromatic rings. The summed E-state index contributed by atoms with van der Waals surface area (Å²) >= 11 is 0. The van der Waals surface area contributed by atoms with Crippen molar-refractivity contribution in [1.29, 1.82) is 0 Å². The molecule has 1 aliphatic carbocycles. The summed E-state index contributed by atoms with van der Waals surface area (Å²) in [6.07, 6.45) is 6.30. The van der Waals surface area contributed by atoms with Gasteiger partial charge in [-0.1, -0.05) is 12.1 Å². The lowest BCUT2D eigenvalue weighted by atomic mass is 9.91. The van der Waals surface area contributed by atoms with Crippen LogP contribution in [0.5, 0.6) is 0 Å². The number of anilines is 1. The summed E-state index contributed by atoms with van der Waals surface area (Å²) in [4.78, 5) is 16.2. The van der Waals surface area contributed by atoms with E-state index < -0.39 is 0 Å². The molecule has 1 fully saturated rings. The van der Waals surface area contributed by atoms with Crippen LogP contribution in [-0.4, -0.2) is 10.9 Å². The number of hydrogen-bond donors (Lipinski definition) is 2. The summed E-state index contributed by atoms with van der Waals surface area (Å²) in [5.74, 6) is 0.155. The van der Waals surface area contributed by atoms with Crippen molar-refractivity contribution < 1.29 is 4.79 Å². The van der Waals surface area contributed by atoms with Gasteiger partial charge >= 0.3 is 0 Å². The van der Waals surface area contributed by atoms with E-state index in [-0.39, 0.29) is 11.9 Å². The molecule has 2 aliphatic rings. The molecule has 2 N–H and O–H groups in total. The highest BCUT2D eigenvalue weighted by Crippen LogP contribution is 2.27. The Morgan fingerprint density at radius 1 is 1.20 bits per heavy atom. The lowest BCUT2D eigenvalue weighted by molar-refractivity contribution is -0.119. The molecule has 1 aromatic heterocycles. The second-order valence-corrected chi connectivity index (χ2v) is 7.19. The second-order valence-electron chi connectivity index (χ2n) is 7.19. The third-order valence-corrected chi connectivity index (χ3v) is 5.29. The van der Waals surface area contributed by atoms with Crippen LogP contribution in [0.15, 0.2) is 30.3 Å². The van der Waals surface area contributed by atoms with Crippen molar-refractivity contribution in [2.24, 2.45) is 0 Å². The predicted octanol–water partition coefficient (Wildman–Crippen LogP) is 3.83. The first-order chi connectivity index (χ1) is 12.2. The number of benzene rings is 1. The van der Waals surface area contributed by atoms with Crippen molar-refractivity contribution in [3.8, 4) is 0 Å². The van der Waals surface area contributed by atoms with Crippen molar-refractivity contribution in [2.45, 2.75) is 58.0 Å². The first-order valence-corrected chi connectivity index (χ1v) is 9.30. The van der Waals surface area contributed by atoms with E-state index in [4.69, 9.17) is 4.98 Å². The molecule has 0 bridgehead atoms. The summed E-state index contributed by atoms with van der Waals surface area (Å²) in [7, 11) is 0. The van der Waals surface area contributed by atoms with E-state index in [2.05, 4.69) is 47.9 Å². The highest BCUT2D eigenvalue weighted by atomic mass is 16.1. The zero-order valence-electron chi connectivity index (χ0n) is 14.8. The summed E-state index contributed by atoms with van der Waals surface area (Å²) < 4.78 is 0. The number of rotatable bonds is 4. The van der Waals surface area contributed by atoms with Crippen LogP contribution in [0.25, 0.3) is 0 Å². The highest BCUT2D eigenvalue weighted by molar-refractivity contribution is 5.78.